The first-order valence-corrected chi connectivity index (χ1v) is 7.37. The molecule has 0 bridgehead atoms. The highest BCUT2D eigenvalue weighted by molar-refractivity contribution is 8.26. The zero-order chi connectivity index (χ0) is 16.4. The monoisotopic (exact) mass is 337 g/mol. The topological polar surface area (TPSA) is 94.9 Å². The number of thiocarbonyl (C=S) groups is 1. The van der Waals surface area contributed by atoms with Gasteiger partial charge >= 0.3 is 11.9 Å². The lowest BCUT2D eigenvalue weighted by Gasteiger charge is -2.18. The Morgan fingerprint density at radius 3 is 2.55 bits per heavy atom. The van der Waals surface area contributed by atoms with Gasteiger partial charge in [-0.25, -0.2) is 9.59 Å². The van der Waals surface area contributed by atoms with E-state index in [0.717, 1.165) is 16.7 Å². The molecular weight excluding hydrogens is 326 g/mol. The maximum absolute atomic E-state index is 12.3. The van der Waals surface area contributed by atoms with Crippen molar-refractivity contribution in [1.29, 1.82) is 0 Å². The lowest BCUT2D eigenvalue weighted by Crippen LogP contribution is -2.41. The van der Waals surface area contributed by atoms with Crippen LogP contribution in [0.25, 0.3) is 6.08 Å². The molecule has 114 valence electrons. The Hall–Kier alpha value is -2.19. The number of hydrogen-bond donors (Lipinski definition) is 2. The molecule has 0 unspecified atom stereocenters. The van der Waals surface area contributed by atoms with E-state index in [0.29, 0.717) is 5.56 Å². The summed E-state index contributed by atoms with van der Waals surface area (Å²) in [4.78, 5) is 35.7. The minimum atomic E-state index is -1.16. The minimum Gasteiger partial charge on any atom is -0.480 e. The summed E-state index contributed by atoms with van der Waals surface area (Å²) in [6, 6.07) is 5.15. The molecule has 1 atom stereocenters. The molecule has 0 saturated carbocycles. The summed E-state index contributed by atoms with van der Waals surface area (Å²) < 4.78 is 0.138. The fraction of sp³-hybridized carbons (Fsp3) is 0.143. The average molecular weight is 337 g/mol. The highest BCUT2D eigenvalue weighted by Crippen LogP contribution is 2.34. The summed E-state index contributed by atoms with van der Waals surface area (Å²) in [5.74, 6) is -2.81. The average Bonchev–Trinajstić information content (AvgIpc) is 2.73. The van der Waals surface area contributed by atoms with E-state index in [1.54, 1.807) is 18.2 Å². The number of carbonyl (C=O) groups is 3. The lowest BCUT2D eigenvalue weighted by molar-refractivity contribution is -0.144. The van der Waals surface area contributed by atoms with E-state index in [1.165, 1.54) is 19.1 Å². The Morgan fingerprint density at radius 1 is 1.32 bits per heavy atom. The van der Waals surface area contributed by atoms with Crippen molar-refractivity contribution in [1.82, 2.24) is 4.90 Å². The van der Waals surface area contributed by atoms with Crippen LogP contribution < -0.4 is 0 Å². The van der Waals surface area contributed by atoms with Crippen LogP contribution in [0.5, 0.6) is 0 Å². The van der Waals surface area contributed by atoms with Crippen LogP contribution in [0.15, 0.2) is 29.2 Å². The van der Waals surface area contributed by atoms with Gasteiger partial charge < -0.3 is 10.2 Å². The molecule has 6 nitrogen and oxygen atoms in total. The second-order valence-corrected chi connectivity index (χ2v) is 6.13. The van der Waals surface area contributed by atoms with Crippen molar-refractivity contribution in [3.63, 3.8) is 0 Å². The van der Waals surface area contributed by atoms with E-state index in [1.807, 2.05) is 0 Å². The molecule has 8 heteroatoms. The summed E-state index contributed by atoms with van der Waals surface area (Å²) in [5, 5.41) is 18.1. The Morgan fingerprint density at radius 2 is 1.95 bits per heavy atom. The van der Waals surface area contributed by atoms with Crippen molar-refractivity contribution in [2.75, 3.05) is 0 Å². The van der Waals surface area contributed by atoms with Gasteiger partial charge in [0.2, 0.25) is 0 Å². The molecule has 1 fully saturated rings. The second-order valence-electron chi connectivity index (χ2n) is 4.46. The molecule has 0 radical (unpaired) electrons. The molecule has 0 spiro atoms. The molecule has 1 saturated heterocycles. The van der Waals surface area contributed by atoms with Crippen LogP contribution in [0.4, 0.5) is 0 Å². The molecule has 1 aliphatic heterocycles. The molecule has 2 N–H and O–H groups in total. The number of carbonyl (C=O) groups excluding carboxylic acids is 1. The third kappa shape index (κ3) is 3.02. The predicted molar refractivity (Wildman–Crippen MR) is 85.5 cm³/mol. The maximum Gasteiger partial charge on any atom is 0.336 e. The van der Waals surface area contributed by atoms with Gasteiger partial charge in [-0.3, -0.25) is 9.69 Å². The quantitative estimate of drug-likeness (QED) is 0.641. The number of thioether (sulfide) groups is 1. The first-order valence-electron chi connectivity index (χ1n) is 6.15. The second kappa shape index (κ2) is 6.29. The van der Waals surface area contributed by atoms with Gasteiger partial charge in [0.25, 0.3) is 5.91 Å². The van der Waals surface area contributed by atoms with Gasteiger partial charge in [-0.1, -0.05) is 42.2 Å². The van der Waals surface area contributed by atoms with Crippen molar-refractivity contribution in [2.45, 2.75) is 13.0 Å². The molecule has 1 aliphatic rings. The number of aromatic carboxylic acids is 1. The molecular formula is C14H11NO5S2. The first kappa shape index (κ1) is 16.2. The SMILES string of the molecule is C[C@H](C(=O)O)N1C(=O)/C(=C/c2ccccc2C(=O)O)SC1=S. The van der Waals surface area contributed by atoms with Gasteiger partial charge in [0, 0.05) is 0 Å². The summed E-state index contributed by atoms with van der Waals surface area (Å²) in [7, 11) is 0. The van der Waals surface area contributed by atoms with E-state index in [4.69, 9.17) is 22.4 Å². The van der Waals surface area contributed by atoms with Gasteiger partial charge in [-0.2, -0.15) is 0 Å². The highest BCUT2D eigenvalue weighted by Gasteiger charge is 2.38. The summed E-state index contributed by atoms with van der Waals surface area (Å²) >= 11 is 5.99. The Balaban J connectivity index is 2.39. The van der Waals surface area contributed by atoms with Crippen molar-refractivity contribution in [2.24, 2.45) is 0 Å². The standard InChI is InChI=1S/C14H11NO5S2/c1-7(12(17)18)15-11(16)10(22-14(15)21)6-8-4-2-3-5-9(8)13(19)20/h2-7H,1H3,(H,17,18)(H,19,20)/b10-6-/t7-/m1/s1. The zero-order valence-electron chi connectivity index (χ0n) is 11.3. The number of amides is 1. The molecule has 1 aromatic carbocycles. The predicted octanol–water partition coefficient (Wildman–Crippen LogP) is 2.06. The van der Waals surface area contributed by atoms with Crippen LogP contribution in [-0.4, -0.2) is 43.3 Å². The Labute approximate surface area is 135 Å². The van der Waals surface area contributed by atoms with Gasteiger partial charge in [-0.15, -0.1) is 0 Å². The van der Waals surface area contributed by atoms with E-state index >= 15 is 0 Å². The van der Waals surface area contributed by atoms with Crippen LogP contribution >= 0.6 is 24.0 Å². The number of carboxylic acids is 2. The molecule has 1 heterocycles. The van der Waals surface area contributed by atoms with Crippen molar-refractivity contribution in [3.8, 4) is 0 Å². The van der Waals surface area contributed by atoms with Crippen molar-refractivity contribution in [3.05, 3.63) is 40.3 Å². The summed E-state index contributed by atoms with van der Waals surface area (Å²) in [6.07, 6.45) is 1.41. The normalized spacial score (nSPS) is 17.9. The molecule has 2 rings (SSSR count). The van der Waals surface area contributed by atoms with Crippen molar-refractivity contribution < 1.29 is 24.6 Å². The lowest BCUT2D eigenvalue weighted by atomic mass is 10.1. The Bertz CT molecular complexity index is 713. The number of aliphatic carboxylic acids is 1. The van der Waals surface area contributed by atoms with E-state index < -0.39 is 23.9 Å². The number of carboxylic acid groups (broad SMARTS) is 2. The minimum absolute atomic E-state index is 0.0547. The fourth-order valence-electron chi connectivity index (χ4n) is 1.88. The molecule has 0 aliphatic carbocycles. The van der Waals surface area contributed by atoms with Crippen LogP contribution in [0.3, 0.4) is 0 Å². The first-order chi connectivity index (χ1) is 10.3. The smallest absolute Gasteiger partial charge is 0.336 e. The third-order valence-corrected chi connectivity index (χ3v) is 4.38. The molecule has 1 amide bonds. The van der Waals surface area contributed by atoms with E-state index in [2.05, 4.69) is 0 Å². The van der Waals surface area contributed by atoms with Gasteiger partial charge in [0.05, 0.1) is 10.5 Å². The molecule has 22 heavy (non-hydrogen) atoms. The van der Waals surface area contributed by atoms with E-state index in [-0.39, 0.29) is 14.8 Å². The number of rotatable bonds is 4. The Kier molecular flexibility index (Phi) is 4.62. The zero-order valence-corrected chi connectivity index (χ0v) is 13.0. The van der Waals surface area contributed by atoms with Crippen LogP contribution in [0.2, 0.25) is 0 Å². The van der Waals surface area contributed by atoms with Gasteiger partial charge in [-0.05, 0) is 24.6 Å². The molecule has 0 aromatic heterocycles. The van der Waals surface area contributed by atoms with Crippen LogP contribution in [0.1, 0.15) is 22.8 Å². The van der Waals surface area contributed by atoms with Gasteiger partial charge in [0.15, 0.2) is 0 Å². The molecule has 1 aromatic rings. The summed E-state index contributed by atoms with van der Waals surface area (Å²) in [6.45, 7) is 1.36. The summed E-state index contributed by atoms with van der Waals surface area (Å²) in [5.41, 5.74) is 0.414. The van der Waals surface area contributed by atoms with Crippen molar-refractivity contribution >= 4 is 52.2 Å². The van der Waals surface area contributed by atoms with E-state index in [9.17, 15) is 14.4 Å². The highest BCUT2D eigenvalue weighted by atomic mass is 32.2. The number of hydrogen-bond acceptors (Lipinski definition) is 5. The largest absolute Gasteiger partial charge is 0.480 e. The van der Waals surface area contributed by atoms with Gasteiger partial charge in [0.1, 0.15) is 10.4 Å². The number of benzene rings is 1. The number of nitrogens with zero attached hydrogens (tertiary/aromatic N) is 1. The van der Waals surface area contributed by atoms with Crippen LogP contribution in [0, 0.1) is 0 Å². The third-order valence-electron chi connectivity index (χ3n) is 3.05. The fourth-order valence-corrected chi connectivity index (χ4v) is 3.29. The maximum atomic E-state index is 12.3. The van der Waals surface area contributed by atoms with Crippen LogP contribution in [-0.2, 0) is 9.59 Å².